The topological polar surface area (TPSA) is 61.2 Å². The second-order valence-corrected chi connectivity index (χ2v) is 5.30. The van der Waals surface area contributed by atoms with Gasteiger partial charge in [-0.1, -0.05) is 18.9 Å². The number of rotatable bonds is 2. The lowest BCUT2D eigenvalue weighted by molar-refractivity contribution is 0.452. The lowest BCUT2D eigenvalue weighted by Gasteiger charge is -2.27. The van der Waals surface area contributed by atoms with Gasteiger partial charge in [-0.05, 0) is 30.5 Å². The van der Waals surface area contributed by atoms with Crippen molar-refractivity contribution in [1.29, 1.82) is 0 Å². The summed E-state index contributed by atoms with van der Waals surface area (Å²) in [6.07, 6.45) is 4.72. The standard InChI is InChI=1S/C14H18N2O2/c1-16-11-5-4-10(8-12(11)18-13(16)17)14(9-15)6-2-3-7-14/h4-5,8H,2-3,6-7,9,15H2,1H3. The molecule has 1 aliphatic rings. The summed E-state index contributed by atoms with van der Waals surface area (Å²) in [6, 6.07) is 6.05. The number of nitrogens with zero attached hydrogens (tertiary/aromatic N) is 1. The zero-order valence-electron chi connectivity index (χ0n) is 10.6. The van der Waals surface area contributed by atoms with Crippen LogP contribution in [0.1, 0.15) is 31.2 Å². The zero-order valence-corrected chi connectivity index (χ0v) is 10.6. The van der Waals surface area contributed by atoms with E-state index in [0.717, 1.165) is 18.4 Å². The molecular formula is C14H18N2O2. The molecule has 1 saturated carbocycles. The molecule has 0 amide bonds. The zero-order chi connectivity index (χ0) is 12.8. The fourth-order valence-electron chi connectivity index (χ4n) is 3.13. The van der Waals surface area contributed by atoms with Gasteiger partial charge in [0.15, 0.2) is 5.58 Å². The number of aromatic nitrogens is 1. The maximum atomic E-state index is 11.5. The molecule has 0 aliphatic heterocycles. The van der Waals surface area contributed by atoms with Gasteiger partial charge >= 0.3 is 5.76 Å². The van der Waals surface area contributed by atoms with Crippen LogP contribution in [0.3, 0.4) is 0 Å². The lowest BCUT2D eigenvalue weighted by Crippen LogP contribution is -2.31. The molecule has 18 heavy (non-hydrogen) atoms. The minimum absolute atomic E-state index is 0.0859. The number of oxazole rings is 1. The number of hydrogen-bond acceptors (Lipinski definition) is 3. The van der Waals surface area contributed by atoms with Crippen LogP contribution < -0.4 is 11.5 Å². The minimum atomic E-state index is -0.310. The summed E-state index contributed by atoms with van der Waals surface area (Å²) >= 11 is 0. The molecule has 1 aliphatic carbocycles. The Morgan fingerprint density at radius 1 is 1.39 bits per heavy atom. The quantitative estimate of drug-likeness (QED) is 0.880. The van der Waals surface area contributed by atoms with E-state index >= 15 is 0 Å². The Kier molecular flexibility index (Phi) is 2.55. The highest BCUT2D eigenvalue weighted by Gasteiger charge is 2.34. The number of hydrogen-bond donors (Lipinski definition) is 1. The van der Waals surface area contributed by atoms with Gasteiger partial charge in [-0.25, -0.2) is 4.79 Å². The van der Waals surface area contributed by atoms with E-state index in [-0.39, 0.29) is 11.2 Å². The van der Waals surface area contributed by atoms with E-state index in [9.17, 15) is 4.79 Å². The van der Waals surface area contributed by atoms with Gasteiger partial charge in [-0.2, -0.15) is 0 Å². The first-order valence-corrected chi connectivity index (χ1v) is 6.46. The molecule has 1 aromatic heterocycles. The summed E-state index contributed by atoms with van der Waals surface area (Å²) in [5, 5.41) is 0. The van der Waals surface area contributed by atoms with E-state index in [2.05, 4.69) is 6.07 Å². The number of fused-ring (bicyclic) bond motifs is 1. The third kappa shape index (κ3) is 1.52. The molecule has 2 aromatic rings. The van der Waals surface area contributed by atoms with Gasteiger partial charge in [-0.15, -0.1) is 0 Å². The molecule has 4 heteroatoms. The van der Waals surface area contributed by atoms with E-state index in [4.69, 9.17) is 10.2 Å². The van der Waals surface area contributed by atoms with E-state index in [1.807, 2.05) is 12.1 Å². The van der Waals surface area contributed by atoms with Crippen LogP contribution in [0.15, 0.2) is 27.4 Å². The van der Waals surface area contributed by atoms with Crippen LogP contribution in [0.2, 0.25) is 0 Å². The number of aryl methyl sites for hydroxylation is 1. The first-order chi connectivity index (χ1) is 8.66. The molecule has 1 fully saturated rings. The minimum Gasteiger partial charge on any atom is -0.408 e. The van der Waals surface area contributed by atoms with Crippen molar-refractivity contribution < 1.29 is 4.42 Å². The second kappa shape index (κ2) is 3.99. The smallest absolute Gasteiger partial charge is 0.408 e. The van der Waals surface area contributed by atoms with Crippen molar-refractivity contribution in [2.75, 3.05) is 6.54 Å². The molecule has 3 rings (SSSR count). The average molecular weight is 246 g/mol. The summed E-state index contributed by atoms with van der Waals surface area (Å²) < 4.78 is 6.79. The molecule has 96 valence electrons. The number of nitrogens with two attached hydrogens (primary N) is 1. The maximum absolute atomic E-state index is 11.5. The van der Waals surface area contributed by atoms with Crippen molar-refractivity contribution in [1.82, 2.24) is 4.57 Å². The third-order valence-electron chi connectivity index (χ3n) is 4.36. The molecule has 0 unspecified atom stereocenters. The fourth-order valence-corrected chi connectivity index (χ4v) is 3.13. The van der Waals surface area contributed by atoms with E-state index in [1.54, 1.807) is 7.05 Å². The van der Waals surface area contributed by atoms with Gasteiger partial charge < -0.3 is 10.2 Å². The van der Waals surface area contributed by atoms with E-state index in [0.29, 0.717) is 12.1 Å². The van der Waals surface area contributed by atoms with Gasteiger partial charge in [-0.3, -0.25) is 4.57 Å². The highest BCUT2D eigenvalue weighted by Crippen LogP contribution is 2.40. The molecule has 0 atom stereocenters. The molecule has 1 heterocycles. The normalized spacial score (nSPS) is 18.6. The van der Waals surface area contributed by atoms with Gasteiger partial charge in [0, 0.05) is 19.0 Å². The van der Waals surface area contributed by atoms with Crippen LogP contribution in [-0.4, -0.2) is 11.1 Å². The summed E-state index contributed by atoms with van der Waals surface area (Å²) in [5.74, 6) is -0.310. The summed E-state index contributed by atoms with van der Waals surface area (Å²) in [7, 11) is 1.72. The number of benzene rings is 1. The van der Waals surface area contributed by atoms with Crippen molar-refractivity contribution >= 4 is 11.1 Å². The summed E-state index contributed by atoms with van der Waals surface area (Å²) in [6.45, 7) is 0.662. The largest absolute Gasteiger partial charge is 0.419 e. The Morgan fingerprint density at radius 3 is 2.78 bits per heavy atom. The van der Waals surface area contributed by atoms with Crippen LogP contribution >= 0.6 is 0 Å². The third-order valence-corrected chi connectivity index (χ3v) is 4.36. The predicted molar refractivity (Wildman–Crippen MR) is 70.7 cm³/mol. The van der Waals surface area contributed by atoms with E-state index < -0.39 is 0 Å². The first-order valence-electron chi connectivity index (χ1n) is 6.46. The van der Waals surface area contributed by atoms with Gasteiger partial charge in [0.2, 0.25) is 0 Å². The van der Waals surface area contributed by atoms with Gasteiger partial charge in [0.1, 0.15) is 0 Å². The van der Waals surface area contributed by atoms with Crippen molar-refractivity contribution in [3.8, 4) is 0 Å². The Balaban J connectivity index is 2.16. The first kappa shape index (κ1) is 11.5. The SMILES string of the molecule is Cn1c(=O)oc2cc(C3(CN)CCCC3)ccc21. The van der Waals surface area contributed by atoms with Gasteiger partial charge in [0.25, 0.3) is 0 Å². The van der Waals surface area contributed by atoms with Crippen LogP contribution in [0.25, 0.3) is 11.1 Å². The summed E-state index contributed by atoms with van der Waals surface area (Å²) in [5.41, 5.74) is 8.79. The van der Waals surface area contributed by atoms with Crippen molar-refractivity contribution in [3.63, 3.8) is 0 Å². The lowest BCUT2D eigenvalue weighted by atomic mass is 9.79. The van der Waals surface area contributed by atoms with Crippen LogP contribution in [0.5, 0.6) is 0 Å². The van der Waals surface area contributed by atoms with E-state index in [1.165, 1.54) is 23.0 Å². The molecule has 2 N–H and O–H groups in total. The van der Waals surface area contributed by atoms with Gasteiger partial charge in [0.05, 0.1) is 5.52 Å². The van der Waals surface area contributed by atoms with Crippen LogP contribution in [0.4, 0.5) is 0 Å². The fraction of sp³-hybridized carbons (Fsp3) is 0.500. The Morgan fingerprint density at radius 2 is 2.11 bits per heavy atom. The van der Waals surface area contributed by atoms with Crippen LogP contribution in [0, 0.1) is 0 Å². The van der Waals surface area contributed by atoms with Crippen molar-refractivity contribution in [2.24, 2.45) is 12.8 Å². The second-order valence-electron chi connectivity index (χ2n) is 5.30. The molecule has 1 aromatic carbocycles. The molecule has 0 radical (unpaired) electrons. The molecule has 4 nitrogen and oxygen atoms in total. The molecule has 0 bridgehead atoms. The highest BCUT2D eigenvalue weighted by atomic mass is 16.4. The summed E-state index contributed by atoms with van der Waals surface area (Å²) in [4.78, 5) is 11.5. The molecule has 0 spiro atoms. The maximum Gasteiger partial charge on any atom is 0.419 e. The van der Waals surface area contributed by atoms with Crippen molar-refractivity contribution in [2.45, 2.75) is 31.1 Å². The predicted octanol–water partition coefficient (Wildman–Crippen LogP) is 1.90. The Hall–Kier alpha value is -1.55. The molecule has 0 saturated heterocycles. The monoisotopic (exact) mass is 246 g/mol. The van der Waals surface area contributed by atoms with Crippen LogP contribution in [-0.2, 0) is 12.5 Å². The average Bonchev–Trinajstić information content (AvgIpc) is 2.96. The Bertz CT molecular complexity index is 633. The molecular weight excluding hydrogens is 228 g/mol. The Labute approximate surface area is 105 Å². The van der Waals surface area contributed by atoms with Crippen molar-refractivity contribution in [3.05, 3.63) is 34.3 Å². The highest BCUT2D eigenvalue weighted by molar-refractivity contribution is 5.74.